The molecule has 0 saturated carbocycles. The zero-order chi connectivity index (χ0) is 7.82. The van der Waals surface area contributed by atoms with E-state index in [-0.39, 0.29) is 6.67 Å². The van der Waals surface area contributed by atoms with E-state index in [1.807, 2.05) is 0 Å². The smallest absolute Gasteiger partial charge is 0.0902 e. The minimum absolute atomic E-state index is 0.200. The van der Waals surface area contributed by atoms with Gasteiger partial charge in [0.05, 0.1) is 6.67 Å². The van der Waals surface area contributed by atoms with Crippen LogP contribution in [0.1, 0.15) is 19.8 Å². The number of hydrogen-bond acceptors (Lipinski definition) is 2. The molecule has 0 amide bonds. The minimum atomic E-state index is -0.200. The van der Waals surface area contributed by atoms with Crippen LogP contribution in [0.4, 0.5) is 4.39 Å². The van der Waals surface area contributed by atoms with Gasteiger partial charge in [0.2, 0.25) is 0 Å². The normalized spacial score (nSPS) is 13.5. The summed E-state index contributed by atoms with van der Waals surface area (Å²) in [5, 5.41) is 0. The zero-order valence-corrected chi connectivity index (χ0v) is 7.29. The van der Waals surface area contributed by atoms with Crippen LogP contribution in [-0.4, -0.2) is 24.2 Å². The molecular weight excluding hydrogens is 149 g/mol. The maximum atomic E-state index is 11.6. The van der Waals surface area contributed by atoms with Gasteiger partial charge in [-0.3, -0.25) is 4.39 Å². The van der Waals surface area contributed by atoms with E-state index in [4.69, 9.17) is 5.73 Å². The predicted octanol–water partition coefficient (Wildman–Crippen LogP) is 1.82. The lowest BCUT2D eigenvalue weighted by molar-refractivity contribution is 0.489. The molecule has 1 unspecified atom stereocenters. The Morgan fingerprint density at radius 1 is 1.60 bits per heavy atom. The van der Waals surface area contributed by atoms with E-state index in [0.29, 0.717) is 12.5 Å². The highest BCUT2D eigenvalue weighted by atomic mass is 32.2. The topological polar surface area (TPSA) is 26.0 Å². The lowest BCUT2D eigenvalue weighted by atomic mass is 10.3. The molecule has 0 radical (unpaired) electrons. The second kappa shape index (κ2) is 7.35. The van der Waals surface area contributed by atoms with Crippen LogP contribution in [0.15, 0.2) is 0 Å². The molecule has 0 aliphatic heterocycles. The van der Waals surface area contributed by atoms with Crippen LogP contribution in [0.2, 0.25) is 0 Å². The fraction of sp³-hybridized carbons (Fsp3) is 1.00. The van der Waals surface area contributed by atoms with Gasteiger partial charge in [-0.1, -0.05) is 6.92 Å². The molecule has 10 heavy (non-hydrogen) atoms. The summed E-state index contributed by atoms with van der Waals surface area (Å²) in [4.78, 5) is 0. The van der Waals surface area contributed by atoms with E-state index >= 15 is 0 Å². The summed E-state index contributed by atoms with van der Waals surface area (Å²) in [7, 11) is 0. The molecule has 0 spiro atoms. The van der Waals surface area contributed by atoms with Gasteiger partial charge in [0.1, 0.15) is 0 Å². The lowest BCUT2D eigenvalue weighted by Crippen LogP contribution is -2.21. The first-order valence-corrected chi connectivity index (χ1v) is 4.86. The van der Waals surface area contributed by atoms with Crippen molar-refractivity contribution in [3.8, 4) is 0 Å². The molecule has 62 valence electrons. The Balaban J connectivity index is 2.89. The Kier molecular flexibility index (Phi) is 7.52. The van der Waals surface area contributed by atoms with Gasteiger partial charge in [-0.2, -0.15) is 11.8 Å². The van der Waals surface area contributed by atoms with E-state index < -0.39 is 0 Å². The van der Waals surface area contributed by atoms with Gasteiger partial charge in [-0.05, 0) is 18.6 Å². The maximum absolute atomic E-state index is 11.6. The lowest BCUT2D eigenvalue weighted by Gasteiger charge is -2.06. The summed E-state index contributed by atoms with van der Waals surface area (Å²) < 4.78 is 11.6. The first-order chi connectivity index (χ1) is 4.81. The summed E-state index contributed by atoms with van der Waals surface area (Å²) in [6.07, 6.45) is 1.68. The highest BCUT2D eigenvalue weighted by Gasteiger charge is 1.97. The van der Waals surface area contributed by atoms with Crippen molar-refractivity contribution in [2.75, 3.05) is 18.2 Å². The number of hydrogen-bond donors (Lipinski definition) is 1. The Labute approximate surface area is 66.6 Å². The van der Waals surface area contributed by atoms with E-state index in [1.54, 1.807) is 11.8 Å². The standard InChI is InChI=1S/C7H16FNS/c1-2-7(9)6-10-5-3-4-8/h7H,2-6,9H2,1H3. The van der Waals surface area contributed by atoms with Crippen molar-refractivity contribution < 1.29 is 4.39 Å². The average Bonchev–Trinajstić information content (AvgIpc) is 1.98. The van der Waals surface area contributed by atoms with E-state index in [1.165, 1.54) is 0 Å². The second-order valence-corrected chi connectivity index (χ2v) is 3.44. The molecule has 2 N–H and O–H groups in total. The highest BCUT2D eigenvalue weighted by molar-refractivity contribution is 7.99. The maximum Gasteiger partial charge on any atom is 0.0902 e. The van der Waals surface area contributed by atoms with Crippen molar-refractivity contribution >= 4 is 11.8 Å². The Morgan fingerprint density at radius 2 is 2.30 bits per heavy atom. The molecule has 0 aromatic carbocycles. The first kappa shape index (κ1) is 10.2. The number of nitrogens with two attached hydrogens (primary N) is 1. The first-order valence-electron chi connectivity index (χ1n) is 3.70. The van der Waals surface area contributed by atoms with Crippen LogP contribution < -0.4 is 5.73 Å². The molecule has 0 aromatic heterocycles. The zero-order valence-electron chi connectivity index (χ0n) is 6.48. The number of halogens is 1. The van der Waals surface area contributed by atoms with E-state index in [2.05, 4.69) is 6.92 Å². The molecule has 0 heterocycles. The van der Waals surface area contributed by atoms with Gasteiger partial charge < -0.3 is 5.73 Å². The van der Waals surface area contributed by atoms with Crippen molar-refractivity contribution in [2.45, 2.75) is 25.8 Å². The second-order valence-electron chi connectivity index (χ2n) is 2.29. The SMILES string of the molecule is CCC(N)CSCCCF. The minimum Gasteiger partial charge on any atom is -0.327 e. The molecule has 1 atom stereocenters. The van der Waals surface area contributed by atoms with Crippen molar-refractivity contribution in [1.29, 1.82) is 0 Å². The van der Waals surface area contributed by atoms with Crippen LogP contribution in [0.25, 0.3) is 0 Å². The predicted molar refractivity (Wildman–Crippen MR) is 46.2 cm³/mol. The monoisotopic (exact) mass is 165 g/mol. The molecule has 1 nitrogen and oxygen atoms in total. The number of rotatable bonds is 6. The summed E-state index contributed by atoms with van der Waals surface area (Å²) in [6, 6.07) is 0.296. The third-order valence-corrected chi connectivity index (χ3v) is 2.52. The van der Waals surface area contributed by atoms with Crippen LogP contribution in [0.3, 0.4) is 0 Å². The summed E-state index contributed by atoms with van der Waals surface area (Å²) in [6.45, 7) is 1.87. The Morgan fingerprint density at radius 3 is 2.80 bits per heavy atom. The summed E-state index contributed by atoms with van der Waals surface area (Å²) in [5.41, 5.74) is 5.64. The molecule has 0 rings (SSSR count). The van der Waals surface area contributed by atoms with Gasteiger partial charge >= 0.3 is 0 Å². The van der Waals surface area contributed by atoms with Crippen LogP contribution >= 0.6 is 11.8 Å². The van der Waals surface area contributed by atoms with Crippen molar-refractivity contribution in [3.05, 3.63) is 0 Å². The van der Waals surface area contributed by atoms with Crippen LogP contribution in [0.5, 0.6) is 0 Å². The number of alkyl halides is 1. The highest BCUT2D eigenvalue weighted by Crippen LogP contribution is 2.05. The molecule has 0 bridgehead atoms. The van der Waals surface area contributed by atoms with Gasteiger partial charge in [-0.15, -0.1) is 0 Å². The summed E-state index contributed by atoms with van der Waals surface area (Å²) >= 11 is 1.75. The third-order valence-electron chi connectivity index (χ3n) is 1.28. The Hall–Kier alpha value is 0.240. The van der Waals surface area contributed by atoms with Crippen LogP contribution in [-0.2, 0) is 0 Å². The molecule has 0 saturated heterocycles. The largest absolute Gasteiger partial charge is 0.327 e. The molecule has 0 aromatic rings. The van der Waals surface area contributed by atoms with Gasteiger partial charge in [0, 0.05) is 11.8 Å². The van der Waals surface area contributed by atoms with Gasteiger partial charge in [-0.25, -0.2) is 0 Å². The number of thioether (sulfide) groups is 1. The van der Waals surface area contributed by atoms with Crippen molar-refractivity contribution in [2.24, 2.45) is 5.73 Å². The van der Waals surface area contributed by atoms with Crippen molar-refractivity contribution in [3.63, 3.8) is 0 Å². The molecular formula is C7H16FNS. The average molecular weight is 165 g/mol. The molecule has 3 heteroatoms. The third kappa shape index (κ3) is 6.36. The molecule has 0 aliphatic rings. The Bertz CT molecular complexity index is 70.6. The fourth-order valence-corrected chi connectivity index (χ4v) is 1.53. The van der Waals surface area contributed by atoms with Gasteiger partial charge in [0.25, 0.3) is 0 Å². The van der Waals surface area contributed by atoms with E-state index in [0.717, 1.165) is 17.9 Å². The van der Waals surface area contributed by atoms with E-state index in [9.17, 15) is 4.39 Å². The van der Waals surface area contributed by atoms with Crippen molar-refractivity contribution in [1.82, 2.24) is 0 Å². The fourth-order valence-electron chi connectivity index (χ4n) is 0.509. The quantitative estimate of drug-likeness (QED) is 0.607. The summed E-state index contributed by atoms with van der Waals surface area (Å²) in [5.74, 6) is 1.88. The molecule has 0 fully saturated rings. The van der Waals surface area contributed by atoms with Gasteiger partial charge in [0.15, 0.2) is 0 Å². The molecule has 0 aliphatic carbocycles. The van der Waals surface area contributed by atoms with Crippen LogP contribution in [0, 0.1) is 0 Å².